The Bertz CT molecular complexity index is 2190. The van der Waals surface area contributed by atoms with Crippen LogP contribution >= 0.6 is 11.3 Å². The number of benzene rings is 1. The number of aromatic nitrogens is 3. The summed E-state index contributed by atoms with van der Waals surface area (Å²) in [7, 11) is -0.856. The van der Waals surface area contributed by atoms with E-state index in [4.69, 9.17) is 9.47 Å². The molecule has 13 nitrogen and oxygen atoms in total. The number of carbonyl (C=O) groups excluding carboxylic acids is 3. The largest absolute Gasteiger partial charge is 0.496 e. The van der Waals surface area contributed by atoms with Crippen LogP contribution in [-0.4, -0.2) is 95.0 Å². The number of thiazole rings is 1. The van der Waals surface area contributed by atoms with Crippen LogP contribution in [0.1, 0.15) is 76.0 Å². The van der Waals surface area contributed by atoms with E-state index < -0.39 is 61.8 Å². The highest BCUT2D eigenvalue weighted by Gasteiger charge is 2.62. The van der Waals surface area contributed by atoms with E-state index in [2.05, 4.69) is 32.8 Å². The number of likely N-dealkylation sites (tertiary alicyclic amines) is 1. The van der Waals surface area contributed by atoms with Crippen LogP contribution in [0.15, 0.2) is 42.8 Å². The van der Waals surface area contributed by atoms with E-state index in [1.807, 2.05) is 0 Å². The Labute approximate surface area is 333 Å². The van der Waals surface area contributed by atoms with E-state index in [1.54, 1.807) is 50.1 Å². The third-order valence-electron chi connectivity index (χ3n) is 11.4. The molecule has 0 spiro atoms. The summed E-state index contributed by atoms with van der Waals surface area (Å²) in [6.07, 6.45) is 1.25. The number of allylic oxidation sites excluding steroid dienone is 2. The molecule has 57 heavy (non-hydrogen) atoms. The Kier molecular flexibility index (Phi) is 11.8. The number of fused-ring (bicyclic) bond motifs is 1. The number of sulfonamides is 1. The molecule has 2 saturated carbocycles. The van der Waals surface area contributed by atoms with Crippen molar-refractivity contribution in [2.75, 3.05) is 27.2 Å². The van der Waals surface area contributed by atoms with Crippen LogP contribution in [0.25, 0.3) is 21.7 Å². The summed E-state index contributed by atoms with van der Waals surface area (Å²) in [5.74, 6) is -1.23. The molecule has 1 aliphatic heterocycles. The molecule has 4 atom stereocenters. The number of amides is 3. The zero-order valence-electron chi connectivity index (χ0n) is 32.4. The lowest BCUT2D eigenvalue weighted by Crippen LogP contribution is -2.56. The summed E-state index contributed by atoms with van der Waals surface area (Å²) >= 11 is 0.732. The maximum atomic E-state index is 14.5. The van der Waals surface area contributed by atoms with Crippen LogP contribution in [0.4, 0.5) is 18.0 Å². The number of ketones is 1. The lowest BCUT2D eigenvalue weighted by Gasteiger charge is -2.40. The lowest BCUT2D eigenvalue weighted by molar-refractivity contribution is -0.140. The number of nitrogens with zero attached hydrogens (tertiary/aromatic N) is 5. The predicted octanol–water partition coefficient (Wildman–Crippen LogP) is 6.86. The van der Waals surface area contributed by atoms with Gasteiger partial charge in [-0.1, -0.05) is 12.2 Å². The number of unbranched alkanes of at least 4 members (excludes halogenated alkanes) is 2. The third kappa shape index (κ3) is 8.52. The fraction of sp³-hybridized carbons (Fsp3) is 0.538. The second-order valence-corrected chi connectivity index (χ2v) is 18.4. The number of alkyl halides is 3. The number of urea groups is 1. The molecule has 1 N–H and O–H groups in total. The number of piperidine rings is 1. The van der Waals surface area contributed by atoms with Crippen molar-refractivity contribution in [1.82, 2.24) is 29.5 Å². The first-order valence-electron chi connectivity index (χ1n) is 18.8. The van der Waals surface area contributed by atoms with Crippen molar-refractivity contribution in [3.8, 4) is 22.5 Å². The fourth-order valence-electron chi connectivity index (χ4n) is 7.29. The molecule has 1 aromatic carbocycles. The zero-order chi connectivity index (χ0) is 41.5. The second kappa shape index (κ2) is 16.0. The van der Waals surface area contributed by atoms with Gasteiger partial charge in [0, 0.05) is 50.3 Å². The van der Waals surface area contributed by atoms with Gasteiger partial charge < -0.3 is 19.3 Å². The molecule has 6 rings (SSSR count). The Morgan fingerprint density at radius 1 is 1.16 bits per heavy atom. The van der Waals surface area contributed by atoms with Gasteiger partial charge in [-0.25, -0.2) is 23.2 Å². The topological polar surface area (TPSA) is 161 Å². The van der Waals surface area contributed by atoms with Gasteiger partial charge in [0.1, 0.15) is 11.9 Å². The van der Waals surface area contributed by atoms with Gasteiger partial charge in [0.2, 0.25) is 21.8 Å². The van der Waals surface area contributed by atoms with Gasteiger partial charge >= 0.3 is 12.2 Å². The normalized spacial score (nSPS) is 22.7. The highest BCUT2D eigenvalue weighted by Crippen LogP contribution is 2.57. The molecule has 2 aromatic heterocycles. The van der Waals surface area contributed by atoms with Crippen molar-refractivity contribution in [2.24, 2.45) is 11.3 Å². The second-order valence-electron chi connectivity index (χ2n) is 15.4. The molecular weight excluding hydrogens is 786 g/mol. The molecule has 308 valence electrons. The highest BCUT2D eigenvalue weighted by molar-refractivity contribution is 7.91. The number of nitrogens with one attached hydrogen (secondary N) is 1. The van der Waals surface area contributed by atoms with Crippen LogP contribution < -0.4 is 14.2 Å². The van der Waals surface area contributed by atoms with Crippen molar-refractivity contribution in [2.45, 2.75) is 94.7 Å². The number of hydrogen-bond acceptors (Lipinski definition) is 11. The van der Waals surface area contributed by atoms with Gasteiger partial charge in [0.05, 0.1) is 34.2 Å². The average Bonchev–Trinajstić information content (AvgIpc) is 4.04. The Balaban J connectivity index is 1.31. The molecule has 2 aliphatic carbocycles. The van der Waals surface area contributed by atoms with Gasteiger partial charge in [0.25, 0.3) is 0 Å². The van der Waals surface area contributed by atoms with Crippen molar-refractivity contribution in [1.29, 1.82) is 0 Å². The number of ether oxygens (including phenoxy) is 2. The van der Waals surface area contributed by atoms with Gasteiger partial charge in [-0.05, 0) is 70.4 Å². The van der Waals surface area contributed by atoms with Crippen molar-refractivity contribution in [3.63, 3.8) is 0 Å². The zero-order valence-corrected chi connectivity index (χ0v) is 34.0. The predicted molar refractivity (Wildman–Crippen MR) is 208 cm³/mol. The lowest BCUT2D eigenvalue weighted by atomic mass is 9.88. The molecule has 3 aliphatic rings. The molecular formula is C39H47F3N6O7S2. The van der Waals surface area contributed by atoms with E-state index in [9.17, 15) is 36.0 Å². The first-order chi connectivity index (χ1) is 26.9. The molecule has 3 aromatic rings. The molecule has 3 amide bonds. The minimum absolute atomic E-state index is 0.00680. The smallest absolute Gasteiger partial charge is 0.434 e. The van der Waals surface area contributed by atoms with E-state index in [0.717, 1.165) is 29.6 Å². The van der Waals surface area contributed by atoms with Gasteiger partial charge in [-0.2, -0.15) is 18.2 Å². The van der Waals surface area contributed by atoms with Crippen LogP contribution in [-0.2, 0) is 25.8 Å². The van der Waals surface area contributed by atoms with Gasteiger partial charge in [-0.3, -0.25) is 14.3 Å². The summed E-state index contributed by atoms with van der Waals surface area (Å²) in [6.45, 7) is 11.4. The monoisotopic (exact) mass is 832 g/mol. The third-order valence-corrected chi connectivity index (χ3v) is 14.4. The molecule has 0 unspecified atom stereocenters. The highest BCUT2D eigenvalue weighted by atomic mass is 32.2. The van der Waals surface area contributed by atoms with E-state index in [1.165, 1.54) is 12.0 Å². The molecule has 1 saturated heterocycles. The molecule has 18 heteroatoms. The summed E-state index contributed by atoms with van der Waals surface area (Å²) in [5.41, 5.74) is -1.49. The standard InChI is InChI=1S/C39H47F3N6O7S2/c1-7-9-10-11-17-47(5)36(51)48-18-14-25(19-27(48)28(49)21-38(20-24(38)8-2)35(50)46-57(52,53)37(4)15-16-37)55-33-26-12-13-29(54-6)23(3)31(26)44-32(45-33)34-43-30(22-56-34)39(40,41)42/h7-8,12-13,22,24-25,27H,1-2,9-11,14-21H2,3-6H3,(H,46,50)/t24-,25+,27+,38-/m1/s1. The van der Waals surface area contributed by atoms with Crippen molar-refractivity contribution >= 4 is 50.0 Å². The minimum Gasteiger partial charge on any atom is -0.496 e. The molecule has 0 bridgehead atoms. The fourth-order valence-corrected chi connectivity index (χ4v) is 9.38. The quantitative estimate of drug-likeness (QED) is 0.119. The number of halogens is 3. The average molecular weight is 833 g/mol. The number of Topliss-reactive ketones (excluding diaryl/α,β-unsaturated/α-hetero) is 1. The number of carbonyl (C=O) groups is 3. The summed E-state index contributed by atoms with van der Waals surface area (Å²) in [6, 6.07) is 1.91. The van der Waals surface area contributed by atoms with Crippen molar-refractivity contribution in [3.05, 3.63) is 54.1 Å². The Morgan fingerprint density at radius 3 is 2.51 bits per heavy atom. The first-order valence-corrected chi connectivity index (χ1v) is 21.1. The van der Waals surface area contributed by atoms with Gasteiger partial charge in [0.15, 0.2) is 22.3 Å². The summed E-state index contributed by atoms with van der Waals surface area (Å²) < 4.78 is 79.8. The maximum absolute atomic E-state index is 14.5. The van der Waals surface area contributed by atoms with E-state index >= 15 is 0 Å². The Morgan fingerprint density at radius 2 is 1.89 bits per heavy atom. The minimum atomic E-state index is -4.67. The van der Waals surface area contributed by atoms with Crippen molar-refractivity contribution < 1.29 is 45.4 Å². The first kappa shape index (κ1) is 42.0. The van der Waals surface area contributed by atoms with E-state index in [-0.39, 0.29) is 55.0 Å². The summed E-state index contributed by atoms with van der Waals surface area (Å²) in [4.78, 5) is 58.0. The summed E-state index contributed by atoms with van der Waals surface area (Å²) in [5, 5.41) is 1.24. The van der Waals surface area contributed by atoms with Crippen LogP contribution in [0, 0.1) is 18.3 Å². The van der Waals surface area contributed by atoms with Crippen LogP contribution in [0.3, 0.4) is 0 Å². The maximum Gasteiger partial charge on any atom is 0.434 e. The number of aryl methyl sites for hydroxylation is 1. The number of methoxy groups -OCH3 is 1. The Hall–Kier alpha value is -4.58. The van der Waals surface area contributed by atoms with E-state index in [0.29, 0.717) is 48.0 Å². The SMILES string of the molecule is C=CCCCCN(C)C(=O)N1CC[C@H](Oc2nc(-c3nc(C(F)(F)F)cs3)nc3c(C)c(OC)ccc23)C[C@H]1C(=O)C[C@]1(C(=O)NS(=O)(=O)C2(C)CC2)C[C@H]1C=C. The molecule has 0 radical (unpaired) electrons. The number of hydrogen-bond donors (Lipinski definition) is 1. The molecule has 3 fully saturated rings. The number of rotatable bonds is 16. The van der Waals surface area contributed by atoms with Gasteiger partial charge in [-0.15, -0.1) is 24.5 Å². The molecule has 3 heterocycles. The van der Waals surface area contributed by atoms with Crippen LogP contribution in [0.5, 0.6) is 11.6 Å². The van der Waals surface area contributed by atoms with Crippen LogP contribution in [0.2, 0.25) is 0 Å².